The van der Waals surface area contributed by atoms with E-state index in [9.17, 15) is 5.48 Å². The molecule has 0 aliphatic rings. The molecule has 0 aliphatic carbocycles. The molecule has 0 unspecified atom stereocenters. The zero-order valence-corrected chi connectivity index (χ0v) is 26.7. The van der Waals surface area contributed by atoms with E-state index in [2.05, 4.69) is 6.07 Å². The minimum atomic E-state index is -0.683. The van der Waals surface area contributed by atoms with Crippen LogP contribution in [0.4, 0.5) is 0 Å². The number of hydrogen-bond acceptors (Lipinski definition) is 5. The predicted octanol–water partition coefficient (Wildman–Crippen LogP) is 12.5. The average molecular weight is 669 g/mol. The van der Waals surface area contributed by atoms with Gasteiger partial charge in [0, 0.05) is 47.6 Å². The van der Waals surface area contributed by atoms with Crippen molar-refractivity contribution in [1.82, 2.24) is 15.0 Å². The lowest BCUT2D eigenvalue weighted by Gasteiger charge is -2.10. The SMILES string of the molecule is [2H]c1c([2H])c([2H])c(-c2c([2H])c([2H])c3oc4c([2H])c(-c5nc(-c6cccc(-c7ccccc7)c6)nc(-c6cccc7c6sc6ccccc67)n5)c([2H])c([2H])c4c3c2[2H])c([2H])c1[2H]. The van der Waals surface area contributed by atoms with Gasteiger partial charge in [-0.1, -0.05) is 121 Å². The van der Waals surface area contributed by atoms with Gasteiger partial charge in [0.05, 0.1) is 15.1 Å². The minimum absolute atomic E-state index is 0.0905. The molecule has 4 nitrogen and oxygen atoms in total. The molecule has 7 aromatic carbocycles. The molecular formula is C45H27N3OS. The quantitative estimate of drug-likeness (QED) is 0.183. The maximum Gasteiger partial charge on any atom is 0.165 e. The van der Waals surface area contributed by atoms with Crippen molar-refractivity contribution >= 4 is 53.4 Å². The molecule has 0 fully saturated rings. The second-order valence-electron chi connectivity index (χ2n) is 11.5. The van der Waals surface area contributed by atoms with Gasteiger partial charge in [0.15, 0.2) is 17.5 Å². The Morgan fingerprint density at radius 2 is 1.18 bits per heavy atom. The number of hydrogen-bond donors (Lipinski definition) is 0. The van der Waals surface area contributed by atoms with E-state index in [-0.39, 0.29) is 45.0 Å². The highest BCUT2D eigenvalue weighted by molar-refractivity contribution is 7.26. The van der Waals surface area contributed by atoms with Crippen LogP contribution < -0.4 is 0 Å². The topological polar surface area (TPSA) is 51.8 Å². The fourth-order valence-electron chi connectivity index (χ4n) is 6.13. The van der Waals surface area contributed by atoms with Crippen LogP contribution in [-0.2, 0) is 0 Å². The van der Waals surface area contributed by atoms with E-state index in [1.54, 1.807) is 11.3 Å². The number of aromatic nitrogens is 3. The lowest BCUT2D eigenvalue weighted by molar-refractivity contribution is 0.669. The number of nitrogens with zero attached hydrogens (tertiary/aromatic N) is 3. The minimum Gasteiger partial charge on any atom is -0.456 e. The number of fused-ring (bicyclic) bond motifs is 6. The lowest BCUT2D eigenvalue weighted by Crippen LogP contribution is -2.00. The first-order chi connectivity index (χ1) is 29.3. The third-order valence-corrected chi connectivity index (χ3v) is 9.71. The van der Waals surface area contributed by atoms with Crippen LogP contribution in [0.5, 0.6) is 0 Å². The Morgan fingerprint density at radius 3 is 2.08 bits per heavy atom. The van der Waals surface area contributed by atoms with Crippen LogP contribution >= 0.6 is 11.3 Å². The summed E-state index contributed by atoms with van der Waals surface area (Å²) < 4.78 is 105. The molecule has 0 radical (unpaired) electrons. The molecule has 0 N–H and O–H groups in total. The summed E-state index contributed by atoms with van der Waals surface area (Å²) in [6.07, 6.45) is 0. The highest BCUT2D eigenvalue weighted by atomic mass is 32.1. The monoisotopic (exact) mass is 668 g/mol. The first-order valence-corrected chi connectivity index (χ1v) is 16.5. The molecule has 50 heavy (non-hydrogen) atoms. The largest absolute Gasteiger partial charge is 0.456 e. The number of benzene rings is 7. The Hall–Kier alpha value is -6.43. The zero-order chi connectivity index (χ0) is 42.6. The van der Waals surface area contributed by atoms with Crippen LogP contribution in [0.25, 0.3) is 98.5 Å². The van der Waals surface area contributed by atoms with Gasteiger partial charge >= 0.3 is 0 Å². The van der Waals surface area contributed by atoms with Crippen LogP contribution in [0, 0.1) is 0 Å². The van der Waals surface area contributed by atoms with Gasteiger partial charge in [-0.2, -0.15) is 0 Å². The summed E-state index contributed by atoms with van der Waals surface area (Å²) in [5.74, 6) is 0.420. The molecule has 3 aromatic heterocycles. The highest BCUT2D eigenvalue weighted by Crippen LogP contribution is 2.40. The molecule has 0 amide bonds. The Labute approximate surface area is 307 Å². The van der Waals surface area contributed by atoms with Crippen molar-refractivity contribution in [2.45, 2.75) is 0 Å². The molecule has 10 aromatic rings. The van der Waals surface area contributed by atoms with Crippen molar-refractivity contribution in [1.29, 1.82) is 0 Å². The van der Waals surface area contributed by atoms with E-state index in [0.717, 1.165) is 31.3 Å². The fraction of sp³-hybridized carbons (Fsp3) is 0. The van der Waals surface area contributed by atoms with E-state index >= 15 is 0 Å². The van der Waals surface area contributed by atoms with Crippen LogP contribution in [0.1, 0.15) is 15.1 Å². The van der Waals surface area contributed by atoms with Crippen LogP contribution in [-0.4, -0.2) is 15.0 Å². The lowest BCUT2D eigenvalue weighted by atomic mass is 10.0. The summed E-state index contributed by atoms with van der Waals surface area (Å²) in [7, 11) is 0. The Bertz CT molecular complexity index is 3490. The van der Waals surface area contributed by atoms with E-state index in [1.165, 1.54) is 0 Å². The molecular weight excluding hydrogens is 631 g/mol. The number of thiophene rings is 1. The van der Waals surface area contributed by atoms with Gasteiger partial charge in [-0.3, -0.25) is 0 Å². The summed E-state index contributed by atoms with van der Waals surface area (Å²) in [6.45, 7) is 0. The van der Waals surface area contributed by atoms with Gasteiger partial charge in [0.1, 0.15) is 11.2 Å². The molecule has 0 aliphatic heterocycles. The van der Waals surface area contributed by atoms with Crippen molar-refractivity contribution in [2.75, 3.05) is 0 Å². The summed E-state index contributed by atoms with van der Waals surface area (Å²) >= 11 is 1.58. The normalized spacial score (nSPS) is 14.7. The summed E-state index contributed by atoms with van der Waals surface area (Å²) in [4.78, 5) is 14.7. The van der Waals surface area contributed by atoms with Crippen molar-refractivity contribution in [3.8, 4) is 56.4 Å². The highest BCUT2D eigenvalue weighted by Gasteiger charge is 2.18. The smallest absolute Gasteiger partial charge is 0.165 e. The van der Waals surface area contributed by atoms with Gasteiger partial charge in [0.25, 0.3) is 0 Å². The second-order valence-corrected chi connectivity index (χ2v) is 12.6. The zero-order valence-electron chi connectivity index (χ0n) is 36.9. The molecule has 3 heterocycles. The second kappa shape index (κ2) is 11.6. The number of rotatable bonds is 5. The third-order valence-electron chi connectivity index (χ3n) is 8.49. The fourth-order valence-corrected chi connectivity index (χ4v) is 7.34. The van der Waals surface area contributed by atoms with Gasteiger partial charge in [-0.15, -0.1) is 11.3 Å². The standard InChI is InChI=1S/C45H27N3OS/c1-3-11-28(12-4-1)30-15-9-16-32(25-30)43-46-44(48-45(47-43)37-19-10-18-36-35-17-7-8-20-41(35)50-42(36)37)33-21-23-34-38-26-31(29-13-5-2-6-14-29)22-24-39(38)49-40(34)27-33/h1-27H/i2D,5D,6D,13D,14D,21D,22D,23D,24D,26D,27D. The van der Waals surface area contributed by atoms with Gasteiger partial charge in [0.2, 0.25) is 0 Å². The van der Waals surface area contributed by atoms with Crippen molar-refractivity contribution in [3.63, 3.8) is 0 Å². The van der Waals surface area contributed by atoms with Crippen LogP contribution in [0.3, 0.4) is 0 Å². The molecule has 0 saturated heterocycles. The maximum atomic E-state index is 9.51. The average Bonchev–Trinajstić information content (AvgIpc) is 3.88. The Kier molecular flexibility index (Phi) is 4.54. The molecule has 0 atom stereocenters. The van der Waals surface area contributed by atoms with Gasteiger partial charge in [-0.05, 0) is 64.6 Å². The molecule has 0 spiro atoms. The Balaban J connectivity index is 1.25. The van der Waals surface area contributed by atoms with E-state index < -0.39 is 77.6 Å². The van der Waals surface area contributed by atoms with Crippen LogP contribution in [0.2, 0.25) is 0 Å². The molecule has 10 rings (SSSR count). The van der Waals surface area contributed by atoms with Crippen LogP contribution in [0.15, 0.2) is 168 Å². The third kappa shape index (κ3) is 4.87. The van der Waals surface area contributed by atoms with Gasteiger partial charge < -0.3 is 4.42 Å². The van der Waals surface area contributed by atoms with E-state index in [1.807, 2.05) is 91.0 Å². The predicted molar refractivity (Wildman–Crippen MR) is 207 cm³/mol. The maximum absolute atomic E-state index is 9.51. The van der Waals surface area contributed by atoms with Crippen molar-refractivity contribution < 1.29 is 19.5 Å². The Morgan fingerprint density at radius 1 is 0.460 bits per heavy atom. The van der Waals surface area contributed by atoms with E-state index in [4.69, 9.17) is 29.0 Å². The van der Waals surface area contributed by atoms with Crippen molar-refractivity contribution in [2.24, 2.45) is 0 Å². The first-order valence-electron chi connectivity index (χ1n) is 21.2. The molecule has 234 valence electrons. The molecule has 0 bridgehead atoms. The number of furan rings is 1. The summed E-state index contributed by atoms with van der Waals surface area (Å²) in [5, 5.41) is 1.68. The molecule has 0 saturated carbocycles. The summed E-state index contributed by atoms with van der Waals surface area (Å²) in [6, 6.07) is 24.8. The van der Waals surface area contributed by atoms with E-state index in [0.29, 0.717) is 11.1 Å². The summed E-state index contributed by atoms with van der Waals surface area (Å²) in [5.41, 5.74) is 1.54. The molecule has 5 heteroatoms. The van der Waals surface area contributed by atoms with Crippen molar-refractivity contribution in [3.05, 3.63) is 164 Å². The first kappa shape index (κ1) is 19.5. The van der Waals surface area contributed by atoms with Gasteiger partial charge in [-0.25, -0.2) is 15.0 Å².